The molecule has 2 rings (SSSR count). The molecule has 0 spiro atoms. The summed E-state index contributed by atoms with van der Waals surface area (Å²) in [6, 6.07) is 0. The maximum Gasteiger partial charge on any atom is 0.226 e. The third-order valence-electron chi connectivity index (χ3n) is 2.54. The largest absolute Gasteiger partial charge is 0.424 e. The van der Waals surface area contributed by atoms with E-state index in [2.05, 4.69) is 20.4 Å². The summed E-state index contributed by atoms with van der Waals surface area (Å²) >= 11 is 1.50. The van der Waals surface area contributed by atoms with Gasteiger partial charge in [-0.3, -0.25) is 0 Å². The van der Waals surface area contributed by atoms with Crippen molar-refractivity contribution in [1.29, 1.82) is 0 Å². The minimum absolute atomic E-state index is 0.132. The van der Waals surface area contributed by atoms with Crippen LogP contribution in [0.15, 0.2) is 9.57 Å². The molecule has 7 nitrogen and oxygen atoms in total. The third kappa shape index (κ3) is 3.13. The van der Waals surface area contributed by atoms with E-state index in [1.807, 2.05) is 32.4 Å². The summed E-state index contributed by atoms with van der Waals surface area (Å²) in [5, 5.41) is 16.9. The molecule has 0 atom stereocenters. The minimum atomic E-state index is -0.132. The summed E-state index contributed by atoms with van der Waals surface area (Å²) in [6.07, 6.45) is 0. The van der Waals surface area contributed by atoms with Crippen LogP contribution in [0.4, 0.5) is 0 Å². The molecule has 0 aliphatic carbocycles. The Morgan fingerprint density at radius 3 is 2.47 bits per heavy atom. The van der Waals surface area contributed by atoms with Gasteiger partial charge in [0.2, 0.25) is 11.8 Å². The smallest absolute Gasteiger partial charge is 0.226 e. The van der Waals surface area contributed by atoms with Crippen molar-refractivity contribution in [3.05, 3.63) is 17.6 Å². The second-order valence-corrected chi connectivity index (χ2v) is 6.14. The lowest BCUT2D eigenvalue weighted by molar-refractivity contribution is 0.378. The van der Waals surface area contributed by atoms with Crippen LogP contribution in [0.2, 0.25) is 0 Å². The molecular formula is C11H18N6OS. The quantitative estimate of drug-likeness (QED) is 0.843. The molecule has 0 aliphatic heterocycles. The minimum Gasteiger partial charge on any atom is -0.424 e. The summed E-state index contributed by atoms with van der Waals surface area (Å²) in [5.74, 6) is 2.55. The van der Waals surface area contributed by atoms with Crippen LogP contribution >= 0.6 is 11.8 Å². The highest BCUT2D eigenvalue weighted by Gasteiger charge is 2.21. The Morgan fingerprint density at radius 1 is 1.21 bits per heavy atom. The number of aromatic nitrogens is 5. The molecule has 2 heterocycles. The Bertz CT molecular complexity index is 556. The van der Waals surface area contributed by atoms with Crippen molar-refractivity contribution in [2.75, 3.05) is 0 Å². The fourth-order valence-electron chi connectivity index (χ4n) is 1.39. The van der Waals surface area contributed by atoms with Crippen LogP contribution in [-0.2, 0) is 24.8 Å². The Morgan fingerprint density at radius 2 is 1.95 bits per heavy atom. The van der Waals surface area contributed by atoms with Crippen molar-refractivity contribution in [1.82, 2.24) is 25.0 Å². The molecule has 19 heavy (non-hydrogen) atoms. The SMILES string of the molecule is Cn1c(CN)nnc1SCc1nnc(C(C)(C)C)o1. The predicted octanol–water partition coefficient (Wildman–Crippen LogP) is 1.25. The zero-order valence-electron chi connectivity index (χ0n) is 11.5. The lowest BCUT2D eigenvalue weighted by Gasteiger charge is -2.10. The highest BCUT2D eigenvalue weighted by Crippen LogP contribution is 2.24. The van der Waals surface area contributed by atoms with E-state index in [0.29, 0.717) is 24.1 Å². The van der Waals surface area contributed by atoms with Gasteiger partial charge in [0.15, 0.2) is 5.16 Å². The average molecular weight is 282 g/mol. The van der Waals surface area contributed by atoms with Gasteiger partial charge in [0, 0.05) is 12.5 Å². The first-order chi connectivity index (χ1) is 8.91. The summed E-state index contributed by atoms with van der Waals surface area (Å²) in [6.45, 7) is 6.48. The van der Waals surface area contributed by atoms with E-state index < -0.39 is 0 Å². The first-order valence-corrected chi connectivity index (χ1v) is 6.94. The highest BCUT2D eigenvalue weighted by atomic mass is 32.2. The zero-order valence-corrected chi connectivity index (χ0v) is 12.4. The van der Waals surface area contributed by atoms with Crippen LogP contribution in [0.3, 0.4) is 0 Å². The van der Waals surface area contributed by atoms with E-state index in [1.165, 1.54) is 11.8 Å². The summed E-state index contributed by atoms with van der Waals surface area (Å²) in [5.41, 5.74) is 5.42. The van der Waals surface area contributed by atoms with Gasteiger partial charge in [0.25, 0.3) is 0 Å². The molecule has 0 saturated carbocycles. The van der Waals surface area contributed by atoms with Gasteiger partial charge >= 0.3 is 0 Å². The van der Waals surface area contributed by atoms with E-state index in [9.17, 15) is 0 Å². The molecule has 0 fully saturated rings. The lowest BCUT2D eigenvalue weighted by Crippen LogP contribution is -2.11. The fourth-order valence-corrected chi connectivity index (χ4v) is 2.16. The molecule has 0 saturated heterocycles. The Labute approximate surface area is 116 Å². The monoisotopic (exact) mass is 282 g/mol. The van der Waals surface area contributed by atoms with Gasteiger partial charge in [-0.25, -0.2) is 0 Å². The van der Waals surface area contributed by atoms with Gasteiger partial charge in [-0.2, -0.15) is 0 Å². The number of hydrogen-bond acceptors (Lipinski definition) is 7. The van der Waals surface area contributed by atoms with Crippen LogP contribution in [0.5, 0.6) is 0 Å². The lowest BCUT2D eigenvalue weighted by atomic mass is 9.97. The van der Waals surface area contributed by atoms with Gasteiger partial charge in [-0.05, 0) is 0 Å². The molecular weight excluding hydrogens is 264 g/mol. The summed E-state index contributed by atoms with van der Waals surface area (Å²) in [4.78, 5) is 0. The van der Waals surface area contributed by atoms with Crippen molar-refractivity contribution < 1.29 is 4.42 Å². The second kappa shape index (κ2) is 5.30. The topological polar surface area (TPSA) is 95.7 Å². The zero-order chi connectivity index (χ0) is 14.0. The number of hydrogen-bond donors (Lipinski definition) is 1. The molecule has 2 aromatic rings. The Hall–Kier alpha value is -1.41. The summed E-state index contributed by atoms with van der Waals surface area (Å²) in [7, 11) is 1.89. The van der Waals surface area contributed by atoms with Gasteiger partial charge in [0.1, 0.15) is 5.82 Å². The predicted molar refractivity (Wildman–Crippen MR) is 71.5 cm³/mol. The Balaban J connectivity index is 2.02. The molecule has 8 heteroatoms. The molecule has 0 aromatic carbocycles. The number of nitrogens with two attached hydrogens (primary N) is 1. The first-order valence-electron chi connectivity index (χ1n) is 5.96. The first kappa shape index (κ1) is 14.0. The maximum atomic E-state index is 5.62. The van der Waals surface area contributed by atoms with Gasteiger partial charge in [-0.1, -0.05) is 32.5 Å². The molecule has 0 radical (unpaired) electrons. The molecule has 2 aromatic heterocycles. The molecule has 104 valence electrons. The second-order valence-electron chi connectivity index (χ2n) is 5.20. The Kier molecular flexibility index (Phi) is 3.91. The van der Waals surface area contributed by atoms with E-state index in [1.54, 1.807) is 0 Å². The number of rotatable bonds is 4. The number of nitrogens with zero attached hydrogens (tertiary/aromatic N) is 5. The van der Waals surface area contributed by atoms with Crippen molar-refractivity contribution in [2.45, 2.75) is 43.6 Å². The maximum absolute atomic E-state index is 5.62. The van der Waals surface area contributed by atoms with Gasteiger partial charge in [0.05, 0.1) is 12.3 Å². The van der Waals surface area contributed by atoms with E-state index in [0.717, 1.165) is 11.0 Å². The fraction of sp³-hybridized carbons (Fsp3) is 0.636. The van der Waals surface area contributed by atoms with Crippen LogP contribution in [0.25, 0.3) is 0 Å². The third-order valence-corrected chi connectivity index (χ3v) is 3.55. The molecule has 0 aliphatic rings. The van der Waals surface area contributed by atoms with Crippen LogP contribution in [0.1, 0.15) is 38.4 Å². The van der Waals surface area contributed by atoms with Gasteiger partial charge < -0.3 is 14.7 Å². The van der Waals surface area contributed by atoms with E-state index in [4.69, 9.17) is 10.2 Å². The summed E-state index contributed by atoms with van der Waals surface area (Å²) < 4.78 is 7.48. The molecule has 0 unspecified atom stereocenters. The molecule has 0 amide bonds. The number of thioether (sulfide) groups is 1. The van der Waals surface area contributed by atoms with E-state index in [-0.39, 0.29) is 5.41 Å². The standard InChI is InChI=1S/C11H18N6OS/c1-11(2,3)9-15-14-8(18-9)6-19-10-16-13-7(5-12)17(10)4/h5-6,12H2,1-4H3. The van der Waals surface area contributed by atoms with Crippen molar-refractivity contribution in [2.24, 2.45) is 12.8 Å². The van der Waals surface area contributed by atoms with E-state index >= 15 is 0 Å². The highest BCUT2D eigenvalue weighted by molar-refractivity contribution is 7.98. The van der Waals surface area contributed by atoms with Crippen molar-refractivity contribution >= 4 is 11.8 Å². The normalized spacial score (nSPS) is 12.1. The van der Waals surface area contributed by atoms with Crippen LogP contribution in [0, 0.1) is 0 Å². The molecule has 0 bridgehead atoms. The van der Waals surface area contributed by atoms with Crippen molar-refractivity contribution in [3.8, 4) is 0 Å². The van der Waals surface area contributed by atoms with Gasteiger partial charge in [-0.15, -0.1) is 20.4 Å². The average Bonchev–Trinajstić information content (AvgIpc) is 2.93. The molecule has 2 N–H and O–H groups in total. The van der Waals surface area contributed by atoms with Crippen molar-refractivity contribution in [3.63, 3.8) is 0 Å². The van der Waals surface area contributed by atoms with Crippen LogP contribution < -0.4 is 5.73 Å². The van der Waals surface area contributed by atoms with Crippen LogP contribution in [-0.4, -0.2) is 25.0 Å².